The second-order valence-corrected chi connectivity index (χ2v) is 6.21. The van der Waals surface area contributed by atoms with E-state index >= 15 is 0 Å². The van der Waals surface area contributed by atoms with Gasteiger partial charge in [-0.2, -0.15) is 0 Å². The van der Waals surface area contributed by atoms with Gasteiger partial charge in [-0.3, -0.25) is 4.90 Å². The van der Waals surface area contributed by atoms with Gasteiger partial charge in [-0.25, -0.2) is 9.18 Å². The van der Waals surface area contributed by atoms with Crippen LogP contribution in [0.2, 0.25) is 0 Å². The number of aliphatic hydroxyl groups is 1. The summed E-state index contributed by atoms with van der Waals surface area (Å²) < 4.78 is 24.4. The lowest BCUT2D eigenvalue weighted by atomic mass is 9.95. The summed E-state index contributed by atoms with van der Waals surface area (Å²) in [6.45, 7) is 5.80. The molecule has 2 heterocycles. The van der Waals surface area contributed by atoms with Gasteiger partial charge in [0.05, 0.1) is 24.8 Å². The molecule has 0 radical (unpaired) electrons. The predicted octanol–water partition coefficient (Wildman–Crippen LogP) is 1.14. The number of carbonyl (C=O) groups excluding carboxylic acids is 1. The zero-order valence-corrected chi connectivity index (χ0v) is 14.3. The average molecular weight is 353 g/mol. The van der Waals surface area contributed by atoms with Crippen LogP contribution in [-0.4, -0.2) is 66.3 Å². The zero-order chi connectivity index (χ0) is 18.0. The van der Waals surface area contributed by atoms with Crippen molar-refractivity contribution in [3.05, 3.63) is 30.1 Å². The van der Waals surface area contributed by atoms with Crippen molar-refractivity contribution in [3.63, 3.8) is 0 Å². The summed E-state index contributed by atoms with van der Waals surface area (Å²) in [5, 5.41) is 16.2. The second kappa shape index (κ2) is 7.65. The highest BCUT2D eigenvalue weighted by molar-refractivity contribution is 5.89. The number of urea groups is 1. The summed E-state index contributed by atoms with van der Waals surface area (Å²) in [6.07, 6.45) is -1.70. The molecule has 3 rings (SSSR count). The summed E-state index contributed by atoms with van der Waals surface area (Å²) in [4.78, 5) is 14.3. The van der Waals surface area contributed by atoms with Crippen LogP contribution in [-0.2, 0) is 9.47 Å². The number of hydrogen-bond donors (Lipinski definition) is 3. The van der Waals surface area contributed by atoms with Crippen LogP contribution in [0.5, 0.6) is 0 Å². The van der Waals surface area contributed by atoms with E-state index in [1.807, 2.05) is 13.8 Å². The lowest BCUT2D eigenvalue weighted by molar-refractivity contribution is -0.179. The predicted molar refractivity (Wildman–Crippen MR) is 89.7 cm³/mol. The molecule has 5 atom stereocenters. The van der Waals surface area contributed by atoms with Crippen LogP contribution in [0.3, 0.4) is 0 Å². The SMILES string of the molecule is CCN(CC)[C@@H]1[C@@H]2OC[C@H](O2)[C@@H](NC(=O)Nc2ccc(F)cc2)[C@@H]1O. The van der Waals surface area contributed by atoms with Gasteiger partial charge in [0.15, 0.2) is 6.29 Å². The lowest BCUT2D eigenvalue weighted by Gasteiger charge is -2.43. The van der Waals surface area contributed by atoms with Gasteiger partial charge in [0, 0.05) is 5.69 Å². The number of rotatable bonds is 5. The minimum absolute atomic E-state index is 0.320. The van der Waals surface area contributed by atoms with Gasteiger partial charge in [-0.15, -0.1) is 0 Å². The maximum absolute atomic E-state index is 12.9. The highest BCUT2D eigenvalue weighted by atomic mass is 19.1. The van der Waals surface area contributed by atoms with Gasteiger partial charge in [0.25, 0.3) is 0 Å². The maximum atomic E-state index is 12.9. The molecule has 2 aliphatic rings. The standard InChI is InChI=1S/C17H24FN3O4/c1-3-21(4-2)14-15(22)13(12-9-24-16(14)25-12)20-17(23)19-11-7-5-10(18)6-8-11/h5-8,12-16,22H,3-4,9H2,1-2H3,(H2,19,20,23)/t12-,13+,14-,15-,16+/m0/s1. The molecule has 1 aromatic rings. The molecule has 0 spiro atoms. The zero-order valence-electron chi connectivity index (χ0n) is 14.3. The highest BCUT2D eigenvalue weighted by Gasteiger charge is 2.52. The smallest absolute Gasteiger partial charge is 0.319 e. The van der Waals surface area contributed by atoms with E-state index < -0.39 is 30.6 Å². The van der Waals surface area contributed by atoms with Crippen LogP contribution in [0.15, 0.2) is 24.3 Å². The van der Waals surface area contributed by atoms with Gasteiger partial charge < -0.3 is 25.2 Å². The fraction of sp³-hybridized carbons (Fsp3) is 0.588. The molecule has 8 heteroatoms. The van der Waals surface area contributed by atoms with E-state index in [4.69, 9.17) is 9.47 Å². The Bertz CT molecular complexity index is 594. The van der Waals surface area contributed by atoms with Crippen LogP contribution < -0.4 is 10.6 Å². The molecule has 2 bridgehead atoms. The summed E-state index contributed by atoms with van der Waals surface area (Å²) in [5.74, 6) is -0.377. The molecule has 25 heavy (non-hydrogen) atoms. The molecule has 0 aromatic heterocycles. The van der Waals surface area contributed by atoms with E-state index in [0.29, 0.717) is 12.3 Å². The number of likely N-dealkylation sites (N-methyl/N-ethyl adjacent to an activating group) is 1. The van der Waals surface area contributed by atoms with Crippen molar-refractivity contribution >= 4 is 11.7 Å². The number of halogens is 1. The Morgan fingerprint density at radius 2 is 2.00 bits per heavy atom. The van der Waals surface area contributed by atoms with E-state index in [0.717, 1.165) is 13.1 Å². The number of benzene rings is 1. The third-order valence-electron chi connectivity index (χ3n) is 4.76. The molecule has 0 saturated carbocycles. The summed E-state index contributed by atoms with van der Waals surface area (Å²) in [6, 6.07) is 4.05. The number of nitrogens with zero attached hydrogens (tertiary/aromatic N) is 1. The molecule has 2 aliphatic heterocycles. The number of aliphatic hydroxyl groups excluding tert-OH is 1. The molecule has 0 aliphatic carbocycles. The average Bonchev–Trinajstić information content (AvgIpc) is 3.03. The molecular weight excluding hydrogens is 329 g/mol. The highest BCUT2D eigenvalue weighted by Crippen LogP contribution is 2.31. The van der Waals surface area contributed by atoms with E-state index in [-0.39, 0.29) is 11.9 Å². The number of carbonyl (C=O) groups is 1. The Hall–Kier alpha value is -1.74. The van der Waals surface area contributed by atoms with E-state index in [9.17, 15) is 14.3 Å². The van der Waals surface area contributed by atoms with Gasteiger partial charge in [-0.1, -0.05) is 13.8 Å². The largest absolute Gasteiger partial charge is 0.389 e. The molecule has 138 valence electrons. The van der Waals surface area contributed by atoms with Crippen LogP contribution >= 0.6 is 0 Å². The van der Waals surface area contributed by atoms with Gasteiger partial charge in [0.1, 0.15) is 11.9 Å². The fourth-order valence-electron chi connectivity index (χ4n) is 3.46. The van der Waals surface area contributed by atoms with E-state index in [1.54, 1.807) is 0 Å². The van der Waals surface area contributed by atoms with Crippen molar-refractivity contribution in [2.45, 2.75) is 44.4 Å². The first kappa shape index (κ1) is 18.1. The van der Waals surface area contributed by atoms with E-state index in [2.05, 4.69) is 15.5 Å². The lowest BCUT2D eigenvalue weighted by Crippen LogP contribution is -2.65. The summed E-state index contributed by atoms with van der Waals surface area (Å²) in [7, 11) is 0. The Kier molecular flexibility index (Phi) is 5.53. The number of fused-ring (bicyclic) bond motifs is 2. The van der Waals surface area contributed by atoms with E-state index in [1.165, 1.54) is 24.3 Å². The number of hydrogen-bond acceptors (Lipinski definition) is 5. The summed E-state index contributed by atoms with van der Waals surface area (Å²) in [5.41, 5.74) is 0.464. The third-order valence-corrected chi connectivity index (χ3v) is 4.76. The van der Waals surface area contributed by atoms with Crippen LogP contribution in [0.4, 0.5) is 14.9 Å². The Morgan fingerprint density at radius 1 is 1.32 bits per heavy atom. The molecule has 2 amide bonds. The molecule has 0 unspecified atom stereocenters. The first-order valence-electron chi connectivity index (χ1n) is 8.55. The summed E-state index contributed by atoms with van der Waals surface area (Å²) >= 11 is 0. The van der Waals surface area contributed by atoms with Crippen LogP contribution in [0, 0.1) is 5.82 Å². The molecular formula is C17H24FN3O4. The van der Waals surface area contributed by atoms with Crippen LogP contribution in [0.25, 0.3) is 0 Å². The third kappa shape index (κ3) is 3.77. The minimum atomic E-state index is -0.815. The first-order chi connectivity index (χ1) is 12.0. The van der Waals surface area contributed by atoms with Gasteiger partial charge in [0.2, 0.25) is 0 Å². The monoisotopic (exact) mass is 353 g/mol. The van der Waals surface area contributed by atoms with Crippen molar-refractivity contribution in [2.75, 3.05) is 25.0 Å². The number of ether oxygens (including phenoxy) is 2. The van der Waals surface area contributed by atoms with Crippen molar-refractivity contribution in [1.29, 1.82) is 0 Å². The molecule has 3 N–H and O–H groups in total. The van der Waals surface area contributed by atoms with Crippen molar-refractivity contribution in [3.8, 4) is 0 Å². The maximum Gasteiger partial charge on any atom is 0.319 e. The Morgan fingerprint density at radius 3 is 2.64 bits per heavy atom. The quantitative estimate of drug-likeness (QED) is 0.740. The fourth-order valence-corrected chi connectivity index (χ4v) is 3.46. The second-order valence-electron chi connectivity index (χ2n) is 6.21. The molecule has 2 saturated heterocycles. The first-order valence-corrected chi connectivity index (χ1v) is 8.55. The Balaban J connectivity index is 1.68. The topological polar surface area (TPSA) is 83.1 Å². The minimum Gasteiger partial charge on any atom is -0.389 e. The number of nitrogens with one attached hydrogen (secondary N) is 2. The number of anilines is 1. The van der Waals surface area contributed by atoms with Gasteiger partial charge >= 0.3 is 6.03 Å². The van der Waals surface area contributed by atoms with Crippen molar-refractivity contribution in [2.24, 2.45) is 0 Å². The normalized spacial score (nSPS) is 31.2. The molecule has 7 nitrogen and oxygen atoms in total. The molecule has 1 aromatic carbocycles. The van der Waals surface area contributed by atoms with Crippen LogP contribution in [0.1, 0.15) is 13.8 Å². The van der Waals surface area contributed by atoms with Gasteiger partial charge in [-0.05, 0) is 37.4 Å². The number of amides is 2. The van der Waals surface area contributed by atoms with Crippen molar-refractivity contribution < 1.29 is 23.8 Å². The Labute approximate surface area is 146 Å². The van der Waals surface area contributed by atoms with Crippen molar-refractivity contribution in [1.82, 2.24) is 10.2 Å². The molecule has 2 fully saturated rings.